The predicted octanol–water partition coefficient (Wildman–Crippen LogP) is 0.887. The van der Waals surface area contributed by atoms with Crippen molar-refractivity contribution in [1.82, 2.24) is 4.72 Å². The Morgan fingerprint density at radius 2 is 2.00 bits per heavy atom. The summed E-state index contributed by atoms with van der Waals surface area (Å²) in [4.78, 5) is -0.355. The van der Waals surface area contributed by atoms with Gasteiger partial charge in [0.2, 0.25) is 10.0 Å². The van der Waals surface area contributed by atoms with E-state index < -0.39 is 32.2 Å². The second-order valence-electron chi connectivity index (χ2n) is 4.47. The van der Waals surface area contributed by atoms with E-state index >= 15 is 0 Å². The van der Waals surface area contributed by atoms with Crippen molar-refractivity contribution in [3.05, 3.63) is 29.6 Å². The number of nitriles is 1. The van der Waals surface area contributed by atoms with Crippen LogP contribution in [0.1, 0.15) is 18.4 Å². The maximum atomic E-state index is 13.5. The number of hydrogen-bond donors (Lipinski definition) is 1. The average Bonchev–Trinajstić information content (AvgIpc) is 2.41. The van der Waals surface area contributed by atoms with E-state index in [1.807, 2.05) is 0 Å². The normalized spacial score (nSPS) is 23.2. The fraction of sp³-hybridized carbons (Fsp3) is 0.417. The van der Waals surface area contributed by atoms with Crippen molar-refractivity contribution in [2.24, 2.45) is 0 Å². The Balaban J connectivity index is 2.26. The minimum atomic E-state index is -3.95. The zero-order chi connectivity index (χ0) is 14.8. The molecule has 0 spiro atoms. The van der Waals surface area contributed by atoms with Gasteiger partial charge in [0.25, 0.3) is 0 Å². The molecular formula is C12H13FN2O3S2. The summed E-state index contributed by atoms with van der Waals surface area (Å²) < 4.78 is 51.6. The second kappa shape index (κ2) is 5.99. The topological polar surface area (TPSA) is 87.0 Å². The van der Waals surface area contributed by atoms with E-state index in [1.165, 1.54) is 12.1 Å². The van der Waals surface area contributed by atoms with Gasteiger partial charge in [-0.25, -0.2) is 17.5 Å². The molecule has 0 saturated carbocycles. The molecule has 108 valence electrons. The fourth-order valence-electron chi connectivity index (χ4n) is 2.03. The summed E-state index contributed by atoms with van der Waals surface area (Å²) in [6.07, 6.45) is 0.950. The van der Waals surface area contributed by atoms with Crippen molar-refractivity contribution in [2.45, 2.75) is 23.8 Å². The number of sulfonamides is 1. The quantitative estimate of drug-likeness (QED) is 0.897. The molecule has 0 amide bonds. The molecule has 1 aromatic carbocycles. The lowest BCUT2D eigenvalue weighted by Gasteiger charge is -2.22. The van der Waals surface area contributed by atoms with Crippen molar-refractivity contribution in [2.75, 3.05) is 11.5 Å². The molecule has 1 aromatic rings. The number of benzene rings is 1. The number of halogens is 1. The highest BCUT2D eigenvalue weighted by Crippen LogP contribution is 2.20. The smallest absolute Gasteiger partial charge is 0.242 e. The molecule has 1 fully saturated rings. The van der Waals surface area contributed by atoms with Gasteiger partial charge in [0.15, 0.2) is 0 Å². The second-order valence-corrected chi connectivity index (χ2v) is 7.85. The first-order valence-electron chi connectivity index (χ1n) is 6.00. The third kappa shape index (κ3) is 3.23. The standard InChI is InChI=1S/C12H13FN2O3S2/c13-11-2-1-3-12(10(11)8-14)20(17,18)15-9-4-6-19(16)7-5-9/h1-3,9,15H,4-7H2. The molecule has 0 atom stereocenters. The molecule has 20 heavy (non-hydrogen) atoms. The van der Waals surface area contributed by atoms with Gasteiger partial charge < -0.3 is 0 Å². The molecule has 1 saturated heterocycles. The lowest BCUT2D eigenvalue weighted by molar-refractivity contribution is 0.520. The number of nitrogens with zero attached hydrogens (tertiary/aromatic N) is 1. The predicted molar refractivity (Wildman–Crippen MR) is 72.3 cm³/mol. The maximum absolute atomic E-state index is 13.5. The van der Waals surface area contributed by atoms with Gasteiger partial charge in [0.1, 0.15) is 22.3 Å². The van der Waals surface area contributed by atoms with Gasteiger partial charge in [0.05, 0.1) is 0 Å². The summed E-state index contributed by atoms with van der Waals surface area (Å²) in [5.41, 5.74) is -0.487. The van der Waals surface area contributed by atoms with E-state index in [0.717, 1.165) is 6.07 Å². The van der Waals surface area contributed by atoms with Crippen LogP contribution in [-0.4, -0.2) is 30.2 Å². The molecule has 5 nitrogen and oxygen atoms in total. The molecule has 0 aliphatic carbocycles. The molecule has 0 radical (unpaired) electrons. The summed E-state index contributed by atoms with van der Waals surface area (Å²) in [5, 5.41) is 8.88. The molecule has 1 heterocycles. The highest BCUT2D eigenvalue weighted by atomic mass is 32.2. The van der Waals surface area contributed by atoms with Crippen LogP contribution in [0.15, 0.2) is 23.1 Å². The molecule has 0 aromatic heterocycles. The van der Waals surface area contributed by atoms with E-state index in [1.54, 1.807) is 6.07 Å². The molecule has 0 unspecified atom stereocenters. The Morgan fingerprint density at radius 1 is 1.35 bits per heavy atom. The minimum Gasteiger partial charge on any atom is -0.260 e. The van der Waals surface area contributed by atoms with Crippen molar-refractivity contribution in [3.8, 4) is 6.07 Å². The van der Waals surface area contributed by atoms with E-state index in [2.05, 4.69) is 4.72 Å². The molecule has 8 heteroatoms. The minimum absolute atomic E-state index is 0.326. The summed E-state index contributed by atoms with van der Waals surface area (Å²) in [6, 6.07) is 4.74. The van der Waals surface area contributed by atoms with E-state index in [9.17, 15) is 17.0 Å². The zero-order valence-electron chi connectivity index (χ0n) is 10.5. The Hall–Kier alpha value is -1.30. The first-order valence-corrected chi connectivity index (χ1v) is 8.97. The van der Waals surface area contributed by atoms with Gasteiger partial charge in [0, 0.05) is 28.3 Å². The third-order valence-corrected chi connectivity index (χ3v) is 6.03. The van der Waals surface area contributed by atoms with Crippen LogP contribution in [0, 0.1) is 17.1 Å². The van der Waals surface area contributed by atoms with E-state index in [0.29, 0.717) is 24.3 Å². The van der Waals surface area contributed by atoms with Crippen LogP contribution >= 0.6 is 0 Å². The molecule has 1 aliphatic rings. The van der Waals surface area contributed by atoms with Gasteiger partial charge in [-0.2, -0.15) is 5.26 Å². The monoisotopic (exact) mass is 316 g/mol. The summed E-state index contributed by atoms with van der Waals surface area (Å²) in [5.74, 6) is 0.0308. The number of hydrogen-bond acceptors (Lipinski definition) is 4. The van der Waals surface area contributed by atoms with Gasteiger partial charge >= 0.3 is 0 Å². The lowest BCUT2D eigenvalue weighted by Crippen LogP contribution is -2.39. The fourth-order valence-corrected chi connectivity index (χ4v) is 4.80. The summed E-state index contributed by atoms with van der Waals surface area (Å²) >= 11 is 0. The van der Waals surface area contributed by atoms with Crippen LogP contribution in [-0.2, 0) is 20.8 Å². The average molecular weight is 316 g/mol. The van der Waals surface area contributed by atoms with Crippen molar-refractivity contribution in [3.63, 3.8) is 0 Å². The number of nitrogens with one attached hydrogen (secondary N) is 1. The van der Waals surface area contributed by atoms with Gasteiger partial charge in [-0.05, 0) is 25.0 Å². The molecule has 1 aliphatic heterocycles. The van der Waals surface area contributed by atoms with Crippen molar-refractivity contribution >= 4 is 20.8 Å². The largest absolute Gasteiger partial charge is 0.260 e. The van der Waals surface area contributed by atoms with Crippen molar-refractivity contribution in [1.29, 1.82) is 5.26 Å². The van der Waals surface area contributed by atoms with Crippen LogP contribution in [0.3, 0.4) is 0 Å². The Kier molecular flexibility index (Phi) is 4.52. The number of rotatable bonds is 3. The molecule has 1 N–H and O–H groups in total. The van der Waals surface area contributed by atoms with Crippen LogP contribution < -0.4 is 4.72 Å². The summed E-state index contributed by atoms with van der Waals surface area (Å²) in [7, 11) is -4.84. The highest BCUT2D eigenvalue weighted by molar-refractivity contribution is 7.89. The first kappa shape index (κ1) is 15.1. The zero-order valence-corrected chi connectivity index (χ0v) is 12.1. The van der Waals surface area contributed by atoms with Crippen molar-refractivity contribution < 1.29 is 17.0 Å². The van der Waals surface area contributed by atoms with Crippen LogP contribution in [0.2, 0.25) is 0 Å². The van der Waals surface area contributed by atoms with E-state index in [4.69, 9.17) is 5.26 Å². The lowest BCUT2D eigenvalue weighted by atomic mass is 10.2. The highest BCUT2D eigenvalue weighted by Gasteiger charge is 2.26. The Labute approximate surface area is 119 Å². The summed E-state index contributed by atoms with van der Waals surface area (Å²) in [6.45, 7) is 0. The van der Waals surface area contributed by atoms with Gasteiger partial charge in [-0.1, -0.05) is 6.07 Å². The molecule has 2 rings (SSSR count). The van der Waals surface area contributed by atoms with Crippen LogP contribution in [0.25, 0.3) is 0 Å². The van der Waals surface area contributed by atoms with Gasteiger partial charge in [-0.3, -0.25) is 4.21 Å². The van der Waals surface area contributed by atoms with E-state index in [-0.39, 0.29) is 10.9 Å². The van der Waals surface area contributed by atoms with Gasteiger partial charge in [-0.15, -0.1) is 0 Å². The first-order chi connectivity index (χ1) is 9.44. The molecule has 0 bridgehead atoms. The molecular weight excluding hydrogens is 303 g/mol. The Bertz CT molecular complexity index is 672. The van der Waals surface area contributed by atoms with Crippen LogP contribution in [0.5, 0.6) is 0 Å². The van der Waals surface area contributed by atoms with Crippen LogP contribution in [0.4, 0.5) is 4.39 Å². The Morgan fingerprint density at radius 3 is 2.60 bits per heavy atom. The maximum Gasteiger partial charge on any atom is 0.242 e. The third-order valence-electron chi connectivity index (χ3n) is 3.09. The SMILES string of the molecule is N#Cc1c(F)cccc1S(=O)(=O)NC1CCS(=O)CC1.